The summed E-state index contributed by atoms with van der Waals surface area (Å²) in [5.41, 5.74) is 4.69. The number of rotatable bonds is 5. The van der Waals surface area contributed by atoms with Crippen molar-refractivity contribution in [3.05, 3.63) is 29.3 Å². The standard InChI is InChI=1S/C29H42N2O2/c1-20-12-24(6-7-26(20)32-3)29-9-8-25(15-27(29)31(2)11-10-29)30-33-19-28-16-21-4-5-22(17-28)14-23(13-21)18-28/h6-7,12,21-23,27H,4-5,8-11,13-19H2,1-3H3/b30-25+. The summed E-state index contributed by atoms with van der Waals surface area (Å²) in [6, 6.07) is 7.37. The van der Waals surface area contributed by atoms with Gasteiger partial charge in [0.1, 0.15) is 12.4 Å². The highest BCUT2D eigenvalue weighted by Crippen LogP contribution is 2.58. The van der Waals surface area contributed by atoms with Crippen molar-refractivity contribution in [1.29, 1.82) is 0 Å². The molecular formula is C29H42N2O2. The lowest BCUT2D eigenvalue weighted by Gasteiger charge is -2.47. The number of oxime groups is 1. The van der Waals surface area contributed by atoms with Crippen LogP contribution in [0.15, 0.2) is 23.4 Å². The molecule has 7 rings (SSSR count). The fourth-order valence-corrected chi connectivity index (χ4v) is 9.02. The van der Waals surface area contributed by atoms with E-state index in [0.29, 0.717) is 11.5 Å². The molecule has 0 aromatic heterocycles. The molecule has 4 nitrogen and oxygen atoms in total. The number of hydrogen-bond acceptors (Lipinski definition) is 4. The van der Waals surface area contributed by atoms with E-state index < -0.39 is 0 Å². The maximum atomic E-state index is 6.24. The third kappa shape index (κ3) is 3.81. The minimum atomic E-state index is 0.239. The minimum absolute atomic E-state index is 0.239. The summed E-state index contributed by atoms with van der Waals surface area (Å²) in [5.74, 6) is 3.88. The van der Waals surface area contributed by atoms with Gasteiger partial charge in [-0.25, -0.2) is 0 Å². The van der Waals surface area contributed by atoms with Crippen LogP contribution in [0.4, 0.5) is 0 Å². The van der Waals surface area contributed by atoms with E-state index in [1.807, 2.05) is 0 Å². The Kier molecular flexibility index (Phi) is 5.51. The summed E-state index contributed by atoms with van der Waals surface area (Å²) in [4.78, 5) is 8.81. The fourth-order valence-electron chi connectivity index (χ4n) is 9.02. The van der Waals surface area contributed by atoms with Gasteiger partial charge in [0.05, 0.1) is 12.8 Å². The molecule has 180 valence electrons. The highest BCUT2D eigenvalue weighted by atomic mass is 16.6. The first kappa shape index (κ1) is 21.9. The molecule has 5 saturated carbocycles. The number of aryl methyl sites for hydroxylation is 1. The Balaban J connectivity index is 1.16. The van der Waals surface area contributed by atoms with Gasteiger partial charge in [-0.1, -0.05) is 30.1 Å². The minimum Gasteiger partial charge on any atom is -0.496 e. The van der Waals surface area contributed by atoms with E-state index in [-0.39, 0.29) is 5.41 Å². The summed E-state index contributed by atoms with van der Waals surface area (Å²) < 4.78 is 5.53. The summed E-state index contributed by atoms with van der Waals surface area (Å²) in [6.07, 6.45) is 14.6. The summed E-state index contributed by atoms with van der Waals surface area (Å²) in [7, 11) is 4.06. The van der Waals surface area contributed by atoms with Gasteiger partial charge in [-0.05, 0) is 107 Å². The van der Waals surface area contributed by atoms with E-state index >= 15 is 0 Å². The van der Waals surface area contributed by atoms with Gasteiger partial charge in [-0.2, -0.15) is 0 Å². The molecule has 6 fully saturated rings. The Morgan fingerprint density at radius 2 is 1.82 bits per heavy atom. The van der Waals surface area contributed by atoms with Crippen molar-refractivity contribution < 1.29 is 9.57 Å². The molecule has 1 heterocycles. The van der Waals surface area contributed by atoms with Gasteiger partial charge in [0.2, 0.25) is 0 Å². The Morgan fingerprint density at radius 3 is 2.55 bits per heavy atom. The zero-order chi connectivity index (χ0) is 22.6. The van der Waals surface area contributed by atoms with E-state index in [0.717, 1.165) is 49.5 Å². The van der Waals surface area contributed by atoms with Crippen LogP contribution in [0.2, 0.25) is 0 Å². The SMILES string of the molecule is COc1ccc(C23CC/C(=N\OCC45CC6CCC(CC(C6)C4)C5)CC2N(C)CC3)cc1C. The van der Waals surface area contributed by atoms with Crippen LogP contribution in [-0.4, -0.2) is 44.0 Å². The fraction of sp³-hybridized carbons (Fsp3) is 0.759. The van der Waals surface area contributed by atoms with Gasteiger partial charge in [0, 0.05) is 23.3 Å². The summed E-state index contributed by atoms with van der Waals surface area (Å²) in [6.45, 7) is 4.20. The monoisotopic (exact) mass is 450 g/mol. The molecule has 4 unspecified atom stereocenters. The lowest BCUT2D eigenvalue weighted by Crippen LogP contribution is -2.46. The first-order valence-electron chi connectivity index (χ1n) is 13.5. The Labute approximate surface area is 200 Å². The largest absolute Gasteiger partial charge is 0.496 e. The number of hydrogen-bond donors (Lipinski definition) is 0. The molecule has 4 bridgehead atoms. The molecule has 1 saturated heterocycles. The van der Waals surface area contributed by atoms with Crippen LogP contribution < -0.4 is 4.74 Å². The lowest BCUT2D eigenvalue weighted by atomic mass is 9.59. The third-order valence-electron chi connectivity index (χ3n) is 10.4. The number of likely N-dealkylation sites (N-methyl/N-ethyl adjacent to an activating group) is 1. The molecule has 0 radical (unpaired) electrons. The Morgan fingerprint density at radius 1 is 1.06 bits per heavy atom. The highest BCUT2D eigenvalue weighted by Gasteiger charge is 2.51. The van der Waals surface area contributed by atoms with Gasteiger partial charge in [0.15, 0.2) is 0 Å². The smallest absolute Gasteiger partial charge is 0.122 e. The Hall–Kier alpha value is -1.55. The van der Waals surface area contributed by atoms with Crippen molar-refractivity contribution in [3.63, 3.8) is 0 Å². The number of likely N-dealkylation sites (tertiary alicyclic amines) is 1. The number of nitrogens with zero attached hydrogens (tertiary/aromatic N) is 2. The number of benzene rings is 1. The predicted octanol–water partition coefficient (Wildman–Crippen LogP) is 6.11. The van der Waals surface area contributed by atoms with Crippen LogP contribution in [0.3, 0.4) is 0 Å². The van der Waals surface area contributed by atoms with E-state index in [9.17, 15) is 0 Å². The van der Waals surface area contributed by atoms with Crippen LogP contribution in [-0.2, 0) is 10.3 Å². The van der Waals surface area contributed by atoms with Crippen molar-refractivity contribution in [2.45, 2.75) is 89.0 Å². The van der Waals surface area contributed by atoms with Crippen molar-refractivity contribution in [1.82, 2.24) is 4.90 Å². The van der Waals surface area contributed by atoms with Crippen molar-refractivity contribution >= 4 is 5.71 Å². The van der Waals surface area contributed by atoms with Crippen molar-refractivity contribution in [2.75, 3.05) is 27.3 Å². The normalized spacial score (nSPS) is 41.2. The van der Waals surface area contributed by atoms with Gasteiger partial charge in [-0.3, -0.25) is 0 Å². The van der Waals surface area contributed by atoms with Crippen LogP contribution in [0.25, 0.3) is 0 Å². The molecule has 0 N–H and O–H groups in total. The second-order valence-electron chi connectivity index (χ2n) is 12.5. The topological polar surface area (TPSA) is 34.1 Å². The summed E-state index contributed by atoms with van der Waals surface area (Å²) >= 11 is 0. The van der Waals surface area contributed by atoms with Gasteiger partial charge >= 0.3 is 0 Å². The molecule has 4 heteroatoms. The maximum Gasteiger partial charge on any atom is 0.122 e. The van der Waals surface area contributed by atoms with Gasteiger partial charge in [-0.15, -0.1) is 0 Å². The van der Waals surface area contributed by atoms with E-state index in [4.69, 9.17) is 14.7 Å². The van der Waals surface area contributed by atoms with Crippen LogP contribution in [0, 0.1) is 30.1 Å². The number of fused-ring (bicyclic) bond motifs is 2. The molecule has 0 spiro atoms. The number of ether oxygens (including phenoxy) is 1. The first-order valence-corrected chi connectivity index (χ1v) is 13.5. The average molecular weight is 451 g/mol. The molecule has 6 aliphatic rings. The van der Waals surface area contributed by atoms with Crippen molar-refractivity contribution in [3.8, 4) is 5.75 Å². The molecule has 33 heavy (non-hydrogen) atoms. The second-order valence-corrected chi connectivity index (χ2v) is 12.5. The number of methoxy groups -OCH3 is 1. The van der Waals surface area contributed by atoms with E-state index in [1.165, 1.54) is 74.6 Å². The van der Waals surface area contributed by atoms with E-state index in [2.05, 4.69) is 37.1 Å². The molecule has 0 amide bonds. The quantitative estimate of drug-likeness (QED) is 0.508. The molecule has 1 aliphatic heterocycles. The highest BCUT2D eigenvalue weighted by molar-refractivity contribution is 5.86. The van der Waals surface area contributed by atoms with Gasteiger partial charge in [0.25, 0.3) is 0 Å². The second kappa shape index (κ2) is 8.29. The van der Waals surface area contributed by atoms with E-state index in [1.54, 1.807) is 7.11 Å². The molecule has 4 atom stereocenters. The van der Waals surface area contributed by atoms with Crippen LogP contribution in [0.5, 0.6) is 5.75 Å². The zero-order valence-electron chi connectivity index (χ0n) is 20.9. The lowest BCUT2D eigenvalue weighted by molar-refractivity contribution is -0.0414. The molecule has 1 aromatic rings. The average Bonchev–Trinajstić information content (AvgIpc) is 2.99. The van der Waals surface area contributed by atoms with Gasteiger partial charge < -0.3 is 14.5 Å². The Bertz CT molecular complexity index is 910. The predicted molar refractivity (Wildman–Crippen MR) is 133 cm³/mol. The maximum absolute atomic E-state index is 6.24. The molecule has 1 aromatic carbocycles. The van der Waals surface area contributed by atoms with Crippen molar-refractivity contribution in [2.24, 2.45) is 28.3 Å². The summed E-state index contributed by atoms with van der Waals surface area (Å²) in [5, 5.41) is 4.82. The zero-order valence-corrected chi connectivity index (χ0v) is 20.9. The molecule has 5 aliphatic carbocycles. The van der Waals surface area contributed by atoms with Crippen LogP contribution >= 0.6 is 0 Å². The van der Waals surface area contributed by atoms with Crippen LogP contribution in [0.1, 0.15) is 81.8 Å². The molecular weight excluding hydrogens is 408 g/mol. The third-order valence-corrected chi connectivity index (χ3v) is 10.4. The first-order chi connectivity index (χ1) is 16.0.